The average Bonchev–Trinajstić information content (AvgIpc) is 3.21. The Labute approximate surface area is 351 Å². The van der Waals surface area contributed by atoms with E-state index in [4.69, 9.17) is 14.2 Å². The number of rotatable bonds is 41. The predicted molar refractivity (Wildman–Crippen MR) is 242 cm³/mol. The van der Waals surface area contributed by atoms with E-state index in [2.05, 4.69) is 39.0 Å². The van der Waals surface area contributed by atoms with Gasteiger partial charge in [0.25, 0.3) is 0 Å². The molecule has 0 N–H and O–H groups in total. The van der Waals surface area contributed by atoms with Gasteiger partial charge < -0.3 is 14.2 Å². The molecule has 0 aliphatic heterocycles. The molecular weight excluding hydrogens is 709 g/mol. The summed E-state index contributed by atoms with van der Waals surface area (Å²) in [6, 6.07) is 0. The number of carbonyl (C=O) groups is 3. The first-order chi connectivity index (χ1) is 28.0. The standard InChI is InChI=1S/C51H86O6/c1-4-7-10-13-16-19-22-24-25-27-29-32-35-38-41-44-50(53)56-47-48(46-55-49(52)43-40-37-34-31-28-21-18-15-12-9-6-3)57-51(54)45-42-39-36-33-30-26-23-20-17-14-11-8-5-2/h8,11,14,17,19-20,22-23,26,30,33,36,48H,4-7,9-10,12-13,15-16,18,21,24-25,27-29,31-32,34-35,37-47H2,1-3H3/b11-8-,17-14-,22-19-,23-20-,30-26-,36-33-. The molecule has 0 aliphatic rings. The van der Waals surface area contributed by atoms with Gasteiger partial charge in [-0.05, 0) is 57.8 Å². The summed E-state index contributed by atoms with van der Waals surface area (Å²) in [7, 11) is 0. The van der Waals surface area contributed by atoms with Gasteiger partial charge in [-0.1, -0.05) is 209 Å². The molecule has 0 radical (unpaired) electrons. The molecule has 0 aliphatic carbocycles. The molecule has 0 rings (SSSR count). The second-order valence-electron chi connectivity index (χ2n) is 15.4. The maximum absolute atomic E-state index is 12.7. The van der Waals surface area contributed by atoms with Crippen molar-refractivity contribution in [2.24, 2.45) is 0 Å². The molecule has 1 unspecified atom stereocenters. The van der Waals surface area contributed by atoms with Crippen LogP contribution < -0.4 is 0 Å². The van der Waals surface area contributed by atoms with Crippen LogP contribution in [0.25, 0.3) is 0 Å². The van der Waals surface area contributed by atoms with Crippen molar-refractivity contribution >= 4 is 17.9 Å². The topological polar surface area (TPSA) is 78.9 Å². The van der Waals surface area contributed by atoms with E-state index in [0.717, 1.165) is 51.4 Å². The summed E-state index contributed by atoms with van der Waals surface area (Å²) in [6.07, 6.45) is 56.0. The highest BCUT2D eigenvalue weighted by molar-refractivity contribution is 5.71. The van der Waals surface area contributed by atoms with Crippen molar-refractivity contribution < 1.29 is 28.6 Å². The molecule has 0 saturated carbocycles. The van der Waals surface area contributed by atoms with Crippen molar-refractivity contribution in [3.63, 3.8) is 0 Å². The van der Waals surface area contributed by atoms with Crippen LogP contribution in [0.5, 0.6) is 0 Å². The smallest absolute Gasteiger partial charge is 0.306 e. The summed E-state index contributed by atoms with van der Waals surface area (Å²) in [4.78, 5) is 37.7. The molecule has 6 heteroatoms. The zero-order valence-corrected chi connectivity index (χ0v) is 37.1. The van der Waals surface area contributed by atoms with Crippen LogP contribution in [0.15, 0.2) is 72.9 Å². The van der Waals surface area contributed by atoms with Crippen molar-refractivity contribution in [2.75, 3.05) is 13.2 Å². The Kier molecular flexibility index (Phi) is 43.0. The van der Waals surface area contributed by atoms with Gasteiger partial charge >= 0.3 is 17.9 Å². The summed E-state index contributed by atoms with van der Waals surface area (Å²) in [5.74, 6) is -0.987. The molecule has 0 aromatic rings. The highest BCUT2D eigenvalue weighted by atomic mass is 16.6. The molecule has 0 saturated heterocycles. The molecule has 0 amide bonds. The van der Waals surface area contributed by atoms with Gasteiger partial charge in [0, 0.05) is 19.3 Å². The molecule has 0 aromatic carbocycles. The minimum Gasteiger partial charge on any atom is -0.462 e. The third-order valence-electron chi connectivity index (χ3n) is 9.82. The van der Waals surface area contributed by atoms with Crippen LogP contribution in [0.3, 0.4) is 0 Å². The maximum atomic E-state index is 12.7. The van der Waals surface area contributed by atoms with E-state index < -0.39 is 6.10 Å². The van der Waals surface area contributed by atoms with Crippen molar-refractivity contribution in [3.8, 4) is 0 Å². The van der Waals surface area contributed by atoms with Gasteiger partial charge in [-0.25, -0.2) is 0 Å². The maximum Gasteiger partial charge on any atom is 0.306 e. The van der Waals surface area contributed by atoms with E-state index >= 15 is 0 Å². The molecule has 1 atom stereocenters. The van der Waals surface area contributed by atoms with Crippen LogP contribution >= 0.6 is 0 Å². The first kappa shape index (κ1) is 53.9. The third kappa shape index (κ3) is 43.8. The number of unbranched alkanes of at least 4 members (excludes halogenated alkanes) is 22. The summed E-state index contributed by atoms with van der Waals surface area (Å²) in [5.41, 5.74) is 0. The molecule has 6 nitrogen and oxygen atoms in total. The van der Waals surface area contributed by atoms with E-state index in [1.165, 1.54) is 116 Å². The number of hydrogen-bond donors (Lipinski definition) is 0. The Bertz CT molecular complexity index is 1100. The van der Waals surface area contributed by atoms with E-state index in [1.807, 2.05) is 54.7 Å². The van der Waals surface area contributed by atoms with Crippen LogP contribution in [-0.4, -0.2) is 37.2 Å². The highest BCUT2D eigenvalue weighted by Gasteiger charge is 2.19. The first-order valence-electron chi connectivity index (χ1n) is 23.5. The fraction of sp³-hybridized carbons (Fsp3) is 0.706. The fourth-order valence-corrected chi connectivity index (χ4v) is 6.29. The quantitative estimate of drug-likeness (QED) is 0.0202. The van der Waals surface area contributed by atoms with Crippen LogP contribution in [0.1, 0.15) is 213 Å². The molecular formula is C51H86O6. The van der Waals surface area contributed by atoms with Crippen molar-refractivity contribution in [1.82, 2.24) is 0 Å². The van der Waals surface area contributed by atoms with Crippen molar-refractivity contribution in [1.29, 1.82) is 0 Å². The Hall–Kier alpha value is -3.15. The SMILES string of the molecule is CC\C=C/C=C\C=C/C=C\C=C/CCCC(=O)OC(COC(=O)CCCCCCCCC/C=C\CCCCCC)COC(=O)CCCCCCCCCCCCC. The largest absolute Gasteiger partial charge is 0.462 e. The van der Waals surface area contributed by atoms with E-state index in [-0.39, 0.29) is 37.5 Å². The molecule has 57 heavy (non-hydrogen) atoms. The Morgan fingerprint density at radius 2 is 0.719 bits per heavy atom. The van der Waals surface area contributed by atoms with Crippen LogP contribution in [0.2, 0.25) is 0 Å². The van der Waals surface area contributed by atoms with Gasteiger partial charge in [0.1, 0.15) is 13.2 Å². The minimum absolute atomic E-state index is 0.104. The van der Waals surface area contributed by atoms with Gasteiger partial charge in [0.2, 0.25) is 0 Å². The Balaban J connectivity index is 4.48. The highest BCUT2D eigenvalue weighted by Crippen LogP contribution is 2.14. The Morgan fingerprint density at radius 1 is 0.368 bits per heavy atom. The molecule has 0 aromatic heterocycles. The number of carbonyl (C=O) groups excluding carboxylic acids is 3. The second-order valence-corrected chi connectivity index (χ2v) is 15.4. The van der Waals surface area contributed by atoms with Crippen molar-refractivity contribution in [2.45, 2.75) is 219 Å². The summed E-state index contributed by atoms with van der Waals surface area (Å²) in [5, 5.41) is 0. The number of esters is 3. The van der Waals surface area contributed by atoms with Gasteiger partial charge in [-0.3, -0.25) is 14.4 Å². The predicted octanol–water partition coefficient (Wildman–Crippen LogP) is 15.1. The van der Waals surface area contributed by atoms with E-state index in [0.29, 0.717) is 19.3 Å². The lowest BCUT2D eigenvalue weighted by molar-refractivity contribution is -0.167. The lowest BCUT2D eigenvalue weighted by Gasteiger charge is -2.18. The molecule has 0 fully saturated rings. The number of hydrogen-bond acceptors (Lipinski definition) is 6. The molecule has 0 spiro atoms. The van der Waals surface area contributed by atoms with Gasteiger partial charge in [0.05, 0.1) is 0 Å². The first-order valence-corrected chi connectivity index (χ1v) is 23.5. The van der Waals surface area contributed by atoms with Crippen molar-refractivity contribution in [3.05, 3.63) is 72.9 Å². The lowest BCUT2D eigenvalue weighted by Crippen LogP contribution is -2.30. The van der Waals surface area contributed by atoms with E-state index in [9.17, 15) is 14.4 Å². The number of allylic oxidation sites excluding steroid dienone is 12. The number of ether oxygens (including phenoxy) is 3. The normalized spacial score (nSPS) is 12.7. The van der Waals surface area contributed by atoms with Crippen LogP contribution in [-0.2, 0) is 28.6 Å². The lowest BCUT2D eigenvalue weighted by atomic mass is 10.1. The monoisotopic (exact) mass is 795 g/mol. The summed E-state index contributed by atoms with van der Waals surface area (Å²) in [6.45, 7) is 6.39. The second kappa shape index (κ2) is 45.6. The molecule has 0 bridgehead atoms. The third-order valence-corrected chi connectivity index (χ3v) is 9.82. The van der Waals surface area contributed by atoms with Crippen LogP contribution in [0, 0.1) is 0 Å². The zero-order valence-electron chi connectivity index (χ0n) is 37.1. The van der Waals surface area contributed by atoms with Gasteiger partial charge in [-0.15, -0.1) is 0 Å². The average molecular weight is 795 g/mol. The fourth-order valence-electron chi connectivity index (χ4n) is 6.29. The minimum atomic E-state index is -0.810. The summed E-state index contributed by atoms with van der Waals surface area (Å²) < 4.78 is 16.6. The van der Waals surface area contributed by atoms with Gasteiger partial charge in [-0.2, -0.15) is 0 Å². The Morgan fingerprint density at radius 3 is 1.18 bits per heavy atom. The molecule has 326 valence electrons. The van der Waals surface area contributed by atoms with E-state index in [1.54, 1.807) is 0 Å². The zero-order chi connectivity index (χ0) is 41.5. The molecule has 0 heterocycles. The van der Waals surface area contributed by atoms with Crippen LogP contribution in [0.4, 0.5) is 0 Å². The van der Waals surface area contributed by atoms with Gasteiger partial charge in [0.15, 0.2) is 6.10 Å². The summed E-state index contributed by atoms with van der Waals surface area (Å²) >= 11 is 0.